The van der Waals surface area contributed by atoms with Crippen LogP contribution in [0.1, 0.15) is 64.5 Å². The number of pyridine rings is 1. The molecule has 0 radical (unpaired) electrons. The Balaban J connectivity index is 1.75. The number of aromatic nitrogens is 3. The van der Waals surface area contributed by atoms with Gasteiger partial charge < -0.3 is 10.1 Å². The molecule has 1 aliphatic rings. The number of anilines is 1. The Hall–Kier alpha value is -3.58. The Kier molecular flexibility index (Phi) is 8.89. The molecule has 1 aromatic carbocycles. The summed E-state index contributed by atoms with van der Waals surface area (Å²) in [7, 11) is 0. The summed E-state index contributed by atoms with van der Waals surface area (Å²) in [6.45, 7) is 16.6. The van der Waals surface area contributed by atoms with Gasteiger partial charge >= 0.3 is 0 Å². The molecule has 0 spiro atoms. The van der Waals surface area contributed by atoms with Crippen LogP contribution >= 0.6 is 0 Å². The van der Waals surface area contributed by atoms with Gasteiger partial charge in [0.15, 0.2) is 0 Å². The van der Waals surface area contributed by atoms with Gasteiger partial charge in [0.1, 0.15) is 5.65 Å². The van der Waals surface area contributed by atoms with Gasteiger partial charge in [0, 0.05) is 54.7 Å². The molecule has 200 valence electrons. The number of nitrogens with zero attached hydrogens (tertiary/aromatic N) is 4. The molecule has 0 atom stereocenters. The van der Waals surface area contributed by atoms with Crippen molar-refractivity contribution in [1.29, 1.82) is 0 Å². The number of rotatable bonds is 9. The van der Waals surface area contributed by atoms with Gasteiger partial charge in [0.2, 0.25) is 5.95 Å². The molecule has 3 aromatic rings. The first kappa shape index (κ1) is 27.5. The summed E-state index contributed by atoms with van der Waals surface area (Å²) < 4.78 is 7.19. The SMILES string of the molecule is C=C(N=CCC)C(=C(C)CC)c1ccc(-c2cc3cnc(NC4CCOCC4)nc3n(CC)c2=O)c(C)c1. The standard InChI is InChI=1S/C31H39N5O2/c1-7-14-32-22(6)28(20(4)8-2)23-10-11-26(21(5)17-23)27-18-24-19-33-31(34-25-12-15-38-16-13-25)35-29(24)36(9-3)30(27)37/h10-11,14,17-19,25H,6-9,12-13,15-16H2,1-5H3,(H,33,34,35). The molecule has 1 fully saturated rings. The summed E-state index contributed by atoms with van der Waals surface area (Å²) in [4.78, 5) is 27.6. The molecule has 1 N–H and O–H groups in total. The molecule has 7 nitrogen and oxygen atoms in total. The van der Waals surface area contributed by atoms with Crippen molar-refractivity contribution in [2.75, 3.05) is 18.5 Å². The summed E-state index contributed by atoms with van der Waals surface area (Å²) >= 11 is 0. The fourth-order valence-electron chi connectivity index (χ4n) is 4.96. The van der Waals surface area contributed by atoms with E-state index in [-0.39, 0.29) is 11.6 Å². The van der Waals surface area contributed by atoms with Crippen LogP contribution in [0.4, 0.5) is 5.95 Å². The monoisotopic (exact) mass is 513 g/mol. The highest BCUT2D eigenvalue weighted by molar-refractivity contribution is 5.86. The van der Waals surface area contributed by atoms with Crippen molar-refractivity contribution in [3.8, 4) is 11.1 Å². The molecule has 0 bridgehead atoms. The van der Waals surface area contributed by atoms with E-state index in [1.54, 1.807) is 4.57 Å². The summed E-state index contributed by atoms with van der Waals surface area (Å²) in [6, 6.07) is 8.44. The van der Waals surface area contributed by atoms with Gasteiger partial charge in [-0.05, 0) is 69.2 Å². The normalized spacial score (nSPS) is 15.2. The van der Waals surface area contributed by atoms with E-state index in [9.17, 15) is 4.79 Å². The van der Waals surface area contributed by atoms with Crippen molar-refractivity contribution in [1.82, 2.24) is 14.5 Å². The summed E-state index contributed by atoms with van der Waals surface area (Å²) in [6.07, 6.45) is 7.31. The second-order valence-electron chi connectivity index (χ2n) is 9.82. The Morgan fingerprint density at radius 2 is 1.97 bits per heavy atom. The Morgan fingerprint density at radius 1 is 1.21 bits per heavy atom. The molecule has 0 saturated carbocycles. The third-order valence-electron chi connectivity index (χ3n) is 7.18. The maximum atomic E-state index is 13.7. The van der Waals surface area contributed by atoms with Crippen LogP contribution in [-0.4, -0.2) is 40.0 Å². The van der Waals surface area contributed by atoms with Crippen LogP contribution in [0.25, 0.3) is 27.7 Å². The van der Waals surface area contributed by atoms with Crippen LogP contribution in [0.3, 0.4) is 0 Å². The Morgan fingerprint density at radius 3 is 2.63 bits per heavy atom. The number of nitrogens with one attached hydrogen (secondary N) is 1. The van der Waals surface area contributed by atoms with Crippen LogP contribution < -0.4 is 10.9 Å². The molecule has 7 heteroatoms. The number of hydrogen-bond donors (Lipinski definition) is 1. The van der Waals surface area contributed by atoms with Gasteiger partial charge in [-0.15, -0.1) is 0 Å². The van der Waals surface area contributed by atoms with Gasteiger partial charge in [-0.2, -0.15) is 4.98 Å². The third kappa shape index (κ3) is 5.78. The maximum Gasteiger partial charge on any atom is 0.260 e. The minimum atomic E-state index is -0.0518. The van der Waals surface area contributed by atoms with E-state index in [0.29, 0.717) is 23.7 Å². The van der Waals surface area contributed by atoms with Crippen LogP contribution in [0.5, 0.6) is 0 Å². The van der Waals surface area contributed by atoms with E-state index >= 15 is 0 Å². The molecule has 38 heavy (non-hydrogen) atoms. The number of aliphatic imine (C=N–C) groups is 1. The zero-order valence-electron chi connectivity index (χ0n) is 23.3. The van der Waals surface area contributed by atoms with Crippen molar-refractivity contribution in [3.63, 3.8) is 0 Å². The fraction of sp³-hybridized carbons (Fsp3) is 0.419. The quantitative estimate of drug-likeness (QED) is 0.259. The highest BCUT2D eigenvalue weighted by Crippen LogP contribution is 2.32. The zero-order chi connectivity index (χ0) is 27.2. The summed E-state index contributed by atoms with van der Waals surface area (Å²) in [5.74, 6) is 0.552. The van der Waals surface area contributed by atoms with Crippen LogP contribution in [0.15, 0.2) is 58.1 Å². The van der Waals surface area contributed by atoms with Crippen LogP contribution in [0, 0.1) is 6.92 Å². The Bertz CT molecular complexity index is 1440. The molecule has 4 rings (SSSR count). The number of allylic oxidation sites excluding steroid dienone is 2. The Labute approximate surface area is 225 Å². The van der Waals surface area contributed by atoms with Crippen molar-refractivity contribution in [2.24, 2.45) is 4.99 Å². The minimum Gasteiger partial charge on any atom is -0.381 e. The lowest BCUT2D eigenvalue weighted by Gasteiger charge is -2.23. The topological polar surface area (TPSA) is 81.4 Å². The average molecular weight is 514 g/mol. The molecule has 1 saturated heterocycles. The molecule has 1 aliphatic heterocycles. The van der Waals surface area contributed by atoms with Crippen LogP contribution in [0.2, 0.25) is 0 Å². The van der Waals surface area contributed by atoms with Crippen molar-refractivity contribution < 1.29 is 4.74 Å². The molecular formula is C31H39N5O2. The van der Waals surface area contributed by atoms with Crippen molar-refractivity contribution in [2.45, 2.75) is 72.9 Å². The van der Waals surface area contributed by atoms with Gasteiger partial charge in [0.05, 0.1) is 5.70 Å². The molecule has 0 amide bonds. The number of hydrogen-bond acceptors (Lipinski definition) is 6. The van der Waals surface area contributed by atoms with Crippen molar-refractivity contribution in [3.05, 3.63) is 69.8 Å². The molecule has 0 aliphatic carbocycles. The lowest BCUT2D eigenvalue weighted by molar-refractivity contribution is 0.0903. The largest absolute Gasteiger partial charge is 0.381 e. The second-order valence-corrected chi connectivity index (χ2v) is 9.82. The van der Waals surface area contributed by atoms with Crippen LogP contribution in [-0.2, 0) is 11.3 Å². The van der Waals surface area contributed by atoms with E-state index in [4.69, 9.17) is 9.72 Å². The molecule has 2 aromatic heterocycles. The fourth-order valence-corrected chi connectivity index (χ4v) is 4.96. The first-order valence-corrected chi connectivity index (χ1v) is 13.7. The number of ether oxygens (including phenoxy) is 1. The van der Waals surface area contributed by atoms with E-state index in [1.807, 2.05) is 38.4 Å². The lowest BCUT2D eigenvalue weighted by Crippen LogP contribution is -2.29. The average Bonchev–Trinajstić information content (AvgIpc) is 2.92. The molecule has 3 heterocycles. The van der Waals surface area contributed by atoms with E-state index in [2.05, 4.69) is 54.8 Å². The molecular weight excluding hydrogens is 474 g/mol. The predicted octanol–water partition coefficient (Wildman–Crippen LogP) is 6.56. The predicted molar refractivity (Wildman–Crippen MR) is 158 cm³/mol. The van der Waals surface area contributed by atoms with Gasteiger partial charge in [-0.25, -0.2) is 4.98 Å². The maximum absolute atomic E-state index is 13.7. The van der Waals surface area contributed by atoms with Gasteiger partial charge in [-0.1, -0.05) is 44.2 Å². The van der Waals surface area contributed by atoms with E-state index in [1.165, 1.54) is 5.57 Å². The third-order valence-corrected chi connectivity index (χ3v) is 7.18. The highest BCUT2D eigenvalue weighted by Gasteiger charge is 2.18. The first-order valence-electron chi connectivity index (χ1n) is 13.7. The van der Waals surface area contributed by atoms with Gasteiger partial charge in [-0.3, -0.25) is 14.4 Å². The smallest absolute Gasteiger partial charge is 0.260 e. The molecule has 0 unspecified atom stereocenters. The van der Waals surface area contributed by atoms with E-state index in [0.717, 1.165) is 72.2 Å². The second kappa shape index (κ2) is 12.3. The highest BCUT2D eigenvalue weighted by atomic mass is 16.5. The summed E-state index contributed by atoms with van der Waals surface area (Å²) in [5.41, 5.74) is 7.30. The minimum absolute atomic E-state index is 0.0518. The van der Waals surface area contributed by atoms with E-state index < -0.39 is 0 Å². The first-order chi connectivity index (χ1) is 18.4. The number of benzene rings is 1. The lowest BCUT2D eigenvalue weighted by atomic mass is 9.92. The zero-order valence-corrected chi connectivity index (χ0v) is 23.3. The van der Waals surface area contributed by atoms with Gasteiger partial charge in [0.25, 0.3) is 5.56 Å². The number of fused-ring (bicyclic) bond motifs is 1. The summed E-state index contributed by atoms with van der Waals surface area (Å²) in [5, 5.41) is 4.25. The number of aryl methyl sites for hydroxylation is 2. The van der Waals surface area contributed by atoms with Crippen molar-refractivity contribution >= 4 is 28.8 Å².